The van der Waals surface area contributed by atoms with Crippen molar-refractivity contribution >= 4 is 23.0 Å². The third kappa shape index (κ3) is 4.14. The molecule has 6 heteroatoms. The van der Waals surface area contributed by atoms with Gasteiger partial charge in [-0.15, -0.1) is 0 Å². The number of aromatic nitrogens is 2. The molecule has 2 aromatic rings. The van der Waals surface area contributed by atoms with Crippen LogP contribution in [-0.4, -0.2) is 49.0 Å². The zero-order chi connectivity index (χ0) is 17.6. The molecule has 1 N–H and O–H groups in total. The van der Waals surface area contributed by atoms with Crippen molar-refractivity contribution in [3.63, 3.8) is 0 Å². The summed E-state index contributed by atoms with van der Waals surface area (Å²) in [5.74, 6) is 1.79. The topological polar surface area (TPSA) is 62.6 Å². The molecule has 0 atom stereocenters. The zero-order valence-corrected chi connectivity index (χ0v) is 15.1. The number of aryl methyl sites for hydroxylation is 1. The molecule has 25 heavy (non-hydrogen) atoms. The molecule has 3 rings (SSSR count). The first-order chi connectivity index (χ1) is 12.2. The quantitative estimate of drug-likeness (QED) is 0.867. The van der Waals surface area contributed by atoms with Gasteiger partial charge in [-0.25, -0.2) is 9.97 Å². The summed E-state index contributed by atoms with van der Waals surface area (Å²) >= 11 is 0. The van der Waals surface area contributed by atoms with E-state index in [4.69, 9.17) is 4.74 Å². The lowest BCUT2D eigenvalue weighted by Gasteiger charge is -2.21. The summed E-state index contributed by atoms with van der Waals surface area (Å²) in [6.45, 7) is 7.52. The number of hydrogen-bond donors (Lipinski definition) is 1. The number of pyridine rings is 2. The van der Waals surface area contributed by atoms with Crippen LogP contribution in [0.5, 0.6) is 0 Å². The average molecular weight is 339 g/mol. The molecule has 1 fully saturated rings. The molecule has 0 unspecified atom stereocenters. The summed E-state index contributed by atoms with van der Waals surface area (Å²) in [7, 11) is 1.80. The predicted molar refractivity (Wildman–Crippen MR) is 102 cm³/mol. The second-order valence-corrected chi connectivity index (χ2v) is 6.14. The van der Waals surface area contributed by atoms with Crippen molar-refractivity contribution in [3.8, 4) is 0 Å². The Balaban J connectivity index is 1.79. The maximum atomic E-state index is 5.51. The van der Waals surface area contributed by atoms with Crippen LogP contribution in [0.15, 0.2) is 35.6 Å². The third-order valence-electron chi connectivity index (χ3n) is 4.41. The fourth-order valence-electron chi connectivity index (χ4n) is 2.98. The van der Waals surface area contributed by atoms with Crippen molar-refractivity contribution in [2.75, 3.05) is 43.6 Å². The van der Waals surface area contributed by atoms with Crippen molar-refractivity contribution in [3.05, 3.63) is 41.7 Å². The highest BCUT2D eigenvalue weighted by atomic mass is 16.5. The van der Waals surface area contributed by atoms with Crippen LogP contribution in [0.3, 0.4) is 0 Å². The van der Waals surface area contributed by atoms with E-state index in [9.17, 15) is 0 Å². The van der Waals surface area contributed by atoms with E-state index in [0.717, 1.165) is 66.9 Å². The van der Waals surface area contributed by atoms with Crippen LogP contribution < -0.4 is 10.2 Å². The smallest absolute Gasteiger partial charge is 0.139 e. The van der Waals surface area contributed by atoms with Gasteiger partial charge in [0.1, 0.15) is 11.6 Å². The highest BCUT2D eigenvalue weighted by molar-refractivity contribution is 6.04. The van der Waals surface area contributed by atoms with Gasteiger partial charge in [0.05, 0.1) is 18.5 Å². The van der Waals surface area contributed by atoms with Crippen LogP contribution in [0.25, 0.3) is 0 Å². The normalized spacial score (nSPS) is 15.8. The summed E-state index contributed by atoms with van der Waals surface area (Å²) < 4.78 is 5.51. The van der Waals surface area contributed by atoms with Gasteiger partial charge in [-0.3, -0.25) is 4.99 Å². The van der Waals surface area contributed by atoms with Gasteiger partial charge in [0.2, 0.25) is 0 Å². The summed E-state index contributed by atoms with van der Waals surface area (Å²) in [5, 5.41) is 3.37. The molecular weight excluding hydrogens is 314 g/mol. The summed E-state index contributed by atoms with van der Waals surface area (Å²) in [5.41, 5.74) is 4.06. The van der Waals surface area contributed by atoms with E-state index >= 15 is 0 Å². The number of rotatable bonds is 4. The van der Waals surface area contributed by atoms with Crippen molar-refractivity contribution in [1.82, 2.24) is 9.97 Å². The molecule has 0 spiro atoms. The first-order valence-electron chi connectivity index (χ1n) is 8.64. The molecule has 2 aromatic heterocycles. The number of nitrogens with one attached hydrogen (secondary N) is 1. The van der Waals surface area contributed by atoms with Crippen molar-refractivity contribution < 1.29 is 4.74 Å². The molecule has 0 aromatic carbocycles. The third-order valence-corrected chi connectivity index (χ3v) is 4.41. The van der Waals surface area contributed by atoms with Crippen LogP contribution in [0.2, 0.25) is 0 Å². The lowest BCUT2D eigenvalue weighted by molar-refractivity contribution is 0.152. The predicted octanol–water partition coefficient (Wildman–Crippen LogP) is 3.19. The Morgan fingerprint density at radius 2 is 2.08 bits per heavy atom. The number of ether oxygens (including phenoxy) is 1. The first-order valence-corrected chi connectivity index (χ1v) is 8.64. The minimum atomic E-state index is 0.758. The van der Waals surface area contributed by atoms with Gasteiger partial charge in [0.15, 0.2) is 0 Å². The molecule has 1 aliphatic rings. The Labute approximate surface area is 149 Å². The van der Waals surface area contributed by atoms with Crippen LogP contribution >= 0.6 is 0 Å². The largest absolute Gasteiger partial charge is 0.380 e. The van der Waals surface area contributed by atoms with Crippen molar-refractivity contribution in [1.29, 1.82) is 0 Å². The summed E-state index contributed by atoms with van der Waals surface area (Å²) in [6, 6.07) is 6.09. The van der Waals surface area contributed by atoms with Crippen molar-refractivity contribution in [2.24, 2.45) is 4.99 Å². The number of aliphatic imine (C=N–C) groups is 1. The van der Waals surface area contributed by atoms with E-state index in [1.165, 1.54) is 0 Å². The Hall–Kier alpha value is -2.47. The molecule has 0 aliphatic carbocycles. The number of hydrogen-bond acceptors (Lipinski definition) is 6. The van der Waals surface area contributed by atoms with E-state index in [1.54, 1.807) is 7.05 Å². The molecule has 0 radical (unpaired) electrons. The Bertz CT molecular complexity index is 734. The lowest BCUT2D eigenvalue weighted by atomic mass is 10.1. The average Bonchev–Trinajstić information content (AvgIpc) is 2.91. The monoisotopic (exact) mass is 339 g/mol. The standard InChI is InChI=1S/C19H25N5O/c1-14-7-8-21-19(18(14)15(2)20-3)23-16-5-6-17(22-13-16)24-9-4-11-25-12-10-24/h5-8,13H,4,9-12H2,1-3H3,(H,21,23). The van der Waals surface area contributed by atoms with Crippen molar-refractivity contribution in [2.45, 2.75) is 20.3 Å². The van der Waals surface area contributed by atoms with Gasteiger partial charge < -0.3 is 15.0 Å². The molecule has 0 saturated carbocycles. The fourth-order valence-corrected chi connectivity index (χ4v) is 2.98. The van der Waals surface area contributed by atoms with E-state index in [1.807, 2.05) is 37.5 Å². The van der Waals surface area contributed by atoms with E-state index < -0.39 is 0 Å². The minimum Gasteiger partial charge on any atom is -0.380 e. The molecule has 6 nitrogen and oxygen atoms in total. The highest BCUT2D eigenvalue weighted by Crippen LogP contribution is 2.23. The van der Waals surface area contributed by atoms with Crippen LogP contribution in [-0.2, 0) is 4.74 Å². The van der Waals surface area contributed by atoms with E-state index in [0.29, 0.717) is 0 Å². The lowest BCUT2D eigenvalue weighted by Crippen LogP contribution is -2.26. The number of nitrogens with zero attached hydrogens (tertiary/aromatic N) is 4. The Morgan fingerprint density at radius 1 is 1.20 bits per heavy atom. The van der Waals surface area contributed by atoms with Gasteiger partial charge in [-0.05, 0) is 44.0 Å². The first kappa shape index (κ1) is 17.4. The van der Waals surface area contributed by atoms with Gasteiger partial charge >= 0.3 is 0 Å². The maximum absolute atomic E-state index is 5.51. The molecule has 0 amide bonds. The van der Waals surface area contributed by atoms with Crippen LogP contribution in [0.4, 0.5) is 17.3 Å². The molecule has 0 bridgehead atoms. The molecule has 3 heterocycles. The van der Waals surface area contributed by atoms with E-state index in [2.05, 4.69) is 32.1 Å². The van der Waals surface area contributed by atoms with Gasteiger partial charge in [0.25, 0.3) is 0 Å². The molecule has 132 valence electrons. The Kier molecular flexibility index (Phi) is 5.60. The highest BCUT2D eigenvalue weighted by Gasteiger charge is 2.13. The van der Waals surface area contributed by atoms with Gasteiger partial charge in [0, 0.05) is 44.2 Å². The molecule has 1 aliphatic heterocycles. The summed E-state index contributed by atoms with van der Waals surface area (Å²) in [6.07, 6.45) is 4.70. The SMILES string of the molecule is CN=C(C)c1c(C)ccnc1Nc1ccc(N2CCCOCC2)nc1. The second-order valence-electron chi connectivity index (χ2n) is 6.14. The molecular formula is C19H25N5O. The van der Waals surface area contributed by atoms with Gasteiger partial charge in [-0.2, -0.15) is 0 Å². The van der Waals surface area contributed by atoms with Crippen LogP contribution in [0, 0.1) is 6.92 Å². The zero-order valence-electron chi connectivity index (χ0n) is 15.1. The Morgan fingerprint density at radius 3 is 2.84 bits per heavy atom. The minimum absolute atomic E-state index is 0.758. The molecule has 1 saturated heterocycles. The second kappa shape index (κ2) is 8.07. The number of anilines is 3. The summed E-state index contributed by atoms with van der Waals surface area (Å²) in [4.78, 5) is 15.7. The fraction of sp³-hybridized carbons (Fsp3) is 0.421. The van der Waals surface area contributed by atoms with E-state index in [-0.39, 0.29) is 0 Å². The van der Waals surface area contributed by atoms with Crippen LogP contribution in [0.1, 0.15) is 24.5 Å². The van der Waals surface area contributed by atoms with Gasteiger partial charge in [-0.1, -0.05) is 0 Å². The maximum Gasteiger partial charge on any atom is 0.139 e.